The number of hydrogen-bond donors (Lipinski definition) is 3. The van der Waals surface area contributed by atoms with Crippen molar-refractivity contribution in [3.05, 3.63) is 52.0 Å². The van der Waals surface area contributed by atoms with E-state index in [-0.39, 0.29) is 18.2 Å². The van der Waals surface area contributed by atoms with E-state index >= 15 is 0 Å². The zero-order valence-corrected chi connectivity index (χ0v) is 15.6. The first kappa shape index (κ1) is 18.8. The average molecular weight is 406 g/mol. The van der Waals surface area contributed by atoms with Gasteiger partial charge >= 0.3 is 0 Å². The van der Waals surface area contributed by atoms with E-state index in [1.807, 2.05) is 38.1 Å². The van der Waals surface area contributed by atoms with Gasteiger partial charge in [0.1, 0.15) is 0 Å². The van der Waals surface area contributed by atoms with Gasteiger partial charge in [0.25, 0.3) is 5.91 Å². The number of ether oxygens (including phenoxy) is 1. The van der Waals surface area contributed by atoms with Gasteiger partial charge in [0, 0.05) is 15.7 Å². The summed E-state index contributed by atoms with van der Waals surface area (Å²) in [7, 11) is 0. The van der Waals surface area contributed by atoms with E-state index in [4.69, 9.17) is 4.74 Å². The van der Waals surface area contributed by atoms with Crippen LogP contribution in [0, 0.1) is 6.92 Å². The zero-order chi connectivity index (χ0) is 18.2. The average Bonchev–Trinajstić information content (AvgIpc) is 2.58. The molecule has 0 saturated carbocycles. The van der Waals surface area contributed by atoms with Crippen LogP contribution in [0.4, 0.5) is 5.69 Å². The largest absolute Gasteiger partial charge is 0.504 e. The van der Waals surface area contributed by atoms with E-state index in [1.165, 1.54) is 6.21 Å². The van der Waals surface area contributed by atoms with Crippen molar-refractivity contribution in [2.45, 2.75) is 13.8 Å². The third-order valence-corrected chi connectivity index (χ3v) is 3.72. The first-order valence-electron chi connectivity index (χ1n) is 7.77. The predicted molar refractivity (Wildman–Crippen MR) is 102 cm³/mol. The summed E-state index contributed by atoms with van der Waals surface area (Å²) in [4.78, 5) is 11.8. The molecule has 2 aromatic carbocycles. The Morgan fingerprint density at radius 3 is 2.72 bits per heavy atom. The lowest BCUT2D eigenvalue weighted by molar-refractivity contribution is -0.119. The molecule has 0 spiro atoms. The van der Waals surface area contributed by atoms with Gasteiger partial charge in [-0.15, -0.1) is 0 Å². The van der Waals surface area contributed by atoms with Crippen LogP contribution in [-0.4, -0.2) is 30.4 Å². The maximum atomic E-state index is 11.8. The third-order valence-electron chi connectivity index (χ3n) is 3.27. The van der Waals surface area contributed by atoms with Gasteiger partial charge < -0.3 is 15.2 Å². The van der Waals surface area contributed by atoms with Crippen LogP contribution in [0.3, 0.4) is 0 Å². The molecule has 0 radical (unpaired) electrons. The van der Waals surface area contributed by atoms with E-state index < -0.39 is 0 Å². The smallest absolute Gasteiger partial charge is 0.259 e. The molecule has 0 aliphatic carbocycles. The number of nitrogens with one attached hydrogen (secondary N) is 2. The Hall–Kier alpha value is -2.54. The molecule has 0 aliphatic rings. The molecule has 0 bridgehead atoms. The van der Waals surface area contributed by atoms with Gasteiger partial charge in [-0.25, -0.2) is 5.43 Å². The molecule has 7 heteroatoms. The normalized spacial score (nSPS) is 10.7. The fourth-order valence-corrected chi connectivity index (χ4v) is 2.48. The summed E-state index contributed by atoms with van der Waals surface area (Å²) in [6.07, 6.45) is 1.37. The number of carbonyl (C=O) groups is 1. The van der Waals surface area contributed by atoms with E-state index in [1.54, 1.807) is 12.1 Å². The molecule has 0 fully saturated rings. The topological polar surface area (TPSA) is 83.0 Å². The molecule has 25 heavy (non-hydrogen) atoms. The minimum Gasteiger partial charge on any atom is -0.504 e. The van der Waals surface area contributed by atoms with Gasteiger partial charge in [-0.05, 0) is 38.1 Å². The number of aromatic hydroxyl groups is 1. The Kier molecular flexibility index (Phi) is 6.82. The molecule has 0 heterocycles. The van der Waals surface area contributed by atoms with Crippen LogP contribution >= 0.6 is 15.9 Å². The van der Waals surface area contributed by atoms with E-state index in [2.05, 4.69) is 31.8 Å². The van der Waals surface area contributed by atoms with Crippen molar-refractivity contribution >= 4 is 33.7 Å². The van der Waals surface area contributed by atoms with Crippen molar-refractivity contribution in [3.63, 3.8) is 0 Å². The summed E-state index contributed by atoms with van der Waals surface area (Å²) >= 11 is 3.34. The Labute approximate surface area is 155 Å². The monoisotopic (exact) mass is 405 g/mol. The molecule has 2 rings (SSSR count). The maximum absolute atomic E-state index is 11.8. The van der Waals surface area contributed by atoms with Crippen molar-refractivity contribution in [3.8, 4) is 11.5 Å². The lowest BCUT2D eigenvalue weighted by atomic mass is 10.2. The van der Waals surface area contributed by atoms with Crippen LogP contribution in [0.2, 0.25) is 0 Å². The van der Waals surface area contributed by atoms with Crippen LogP contribution in [-0.2, 0) is 4.79 Å². The molecular weight excluding hydrogens is 386 g/mol. The van der Waals surface area contributed by atoms with E-state index in [9.17, 15) is 9.90 Å². The fraction of sp³-hybridized carbons (Fsp3) is 0.222. The van der Waals surface area contributed by atoms with Crippen LogP contribution in [0.5, 0.6) is 11.5 Å². The number of halogens is 1. The van der Waals surface area contributed by atoms with E-state index in [0.717, 1.165) is 15.7 Å². The number of rotatable bonds is 7. The first-order valence-corrected chi connectivity index (χ1v) is 8.56. The highest BCUT2D eigenvalue weighted by Gasteiger charge is 2.09. The summed E-state index contributed by atoms with van der Waals surface area (Å²) < 4.78 is 6.08. The number of hydrazone groups is 1. The van der Waals surface area contributed by atoms with Crippen molar-refractivity contribution < 1.29 is 14.6 Å². The van der Waals surface area contributed by atoms with Gasteiger partial charge in [-0.1, -0.05) is 33.6 Å². The van der Waals surface area contributed by atoms with E-state index in [0.29, 0.717) is 17.9 Å². The lowest BCUT2D eigenvalue weighted by Crippen LogP contribution is -2.25. The molecular formula is C18H20BrN3O3. The van der Waals surface area contributed by atoms with Crippen LogP contribution in [0.25, 0.3) is 0 Å². The second-order valence-electron chi connectivity index (χ2n) is 5.29. The maximum Gasteiger partial charge on any atom is 0.259 e. The number of benzene rings is 2. The summed E-state index contributed by atoms with van der Waals surface area (Å²) in [5.74, 6) is 0.0304. The van der Waals surface area contributed by atoms with Crippen LogP contribution in [0.15, 0.2) is 46.0 Å². The Morgan fingerprint density at radius 2 is 2.04 bits per heavy atom. The van der Waals surface area contributed by atoms with Crippen molar-refractivity contribution in [2.24, 2.45) is 5.10 Å². The number of phenolic OH excluding ortho intramolecular Hbond substituents is 1. The number of aryl methyl sites for hydroxylation is 1. The van der Waals surface area contributed by atoms with Crippen LogP contribution in [0.1, 0.15) is 18.1 Å². The number of anilines is 1. The fourth-order valence-electron chi connectivity index (χ4n) is 2.03. The molecule has 0 saturated heterocycles. The molecule has 0 aliphatic heterocycles. The highest BCUT2D eigenvalue weighted by Crippen LogP contribution is 2.32. The number of hydrogen-bond acceptors (Lipinski definition) is 5. The standard InChI is InChI=1S/C18H20BrN3O3/c1-3-25-16-9-14(19)8-13(18(16)24)10-21-22-17(23)11-20-15-6-4-12(2)5-7-15/h4-10,20,24H,3,11H2,1-2H3,(H,22,23)/b21-10-. The summed E-state index contributed by atoms with van der Waals surface area (Å²) in [5, 5.41) is 17.0. The highest BCUT2D eigenvalue weighted by molar-refractivity contribution is 9.10. The van der Waals surface area contributed by atoms with Crippen molar-refractivity contribution in [1.29, 1.82) is 0 Å². The lowest BCUT2D eigenvalue weighted by Gasteiger charge is -2.09. The molecule has 132 valence electrons. The Balaban J connectivity index is 1.91. The molecule has 2 aromatic rings. The molecule has 0 atom stereocenters. The molecule has 0 aromatic heterocycles. The van der Waals surface area contributed by atoms with Gasteiger partial charge in [0.05, 0.1) is 19.4 Å². The second-order valence-corrected chi connectivity index (χ2v) is 6.20. The second kappa shape index (κ2) is 9.08. The van der Waals surface area contributed by atoms with Crippen LogP contribution < -0.4 is 15.5 Å². The molecule has 3 N–H and O–H groups in total. The third kappa shape index (κ3) is 5.79. The van der Waals surface area contributed by atoms with Crippen molar-refractivity contribution in [2.75, 3.05) is 18.5 Å². The minimum absolute atomic E-state index is 0.0270. The molecule has 6 nitrogen and oxygen atoms in total. The summed E-state index contributed by atoms with van der Waals surface area (Å²) in [6.45, 7) is 4.35. The quantitative estimate of drug-likeness (QED) is 0.486. The number of carbonyl (C=O) groups excluding carboxylic acids is 1. The Morgan fingerprint density at radius 1 is 1.32 bits per heavy atom. The van der Waals surface area contributed by atoms with Gasteiger partial charge in [-0.3, -0.25) is 4.79 Å². The van der Waals surface area contributed by atoms with Gasteiger partial charge in [0.15, 0.2) is 11.5 Å². The summed E-state index contributed by atoms with van der Waals surface area (Å²) in [5.41, 5.74) is 4.86. The SMILES string of the molecule is CCOc1cc(Br)cc(/C=N\NC(=O)CNc2ccc(C)cc2)c1O. The zero-order valence-electron chi connectivity index (χ0n) is 14.0. The molecule has 1 amide bonds. The minimum atomic E-state index is -0.295. The van der Waals surface area contributed by atoms with Gasteiger partial charge in [0.2, 0.25) is 0 Å². The first-order chi connectivity index (χ1) is 12.0. The number of amides is 1. The Bertz CT molecular complexity index is 761. The predicted octanol–water partition coefficient (Wildman–Crippen LogP) is 3.42. The molecule has 0 unspecified atom stereocenters. The number of nitrogens with zero attached hydrogens (tertiary/aromatic N) is 1. The van der Waals surface area contributed by atoms with Gasteiger partial charge in [-0.2, -0.15) is 5.10 Å². The summed E-state index contributed by atoms with van der Waals surface area (Å²) in [6, 6.07) is 11.1. The van der Waals surface area contributed by atoms with Crippen molar-refractivity contribution in [1.82, 2.24) is 5.43 Å². The highest BCUT2D eigenvalue weighted by atomic mass is 79.9. The number of phenols is 1.